The van der Waals surface area contributed by atoms with Crippen molar-refractivity contribution in [2.45, 2.75) is 24.8 Å². The molecule has 4 nitrogen and oxygen atoms in total. The Morgan fingerprint density at radius 3 is 2.78 bits per heavy atom. The molecule has 2 rings (SSSR count). The van der Waals surface area contributed by atoms with Gasteiger partial charge in [-0.05, 0) is 30.0 Å². The second-order valence-electron chi connectivity index (χ2n) is 4.73. The summed E-state index contributed by atoms with van der Waals surface area (Å²) in [6.07, 6.45) is 0.817. The van der Waals surface area contributed by atoms with E-state index in [4.69, 9.17) is 5.73 Å². The second kappa shape index (κ2) is 4.95. The van der Waals surface area contributed by atoms with E-state index in [1.54, 1.807) is 0 Å². The SMILES string of the molecule is CC1CCN(S(=O)(=O)c2cc(CN)ccc2F)C1. The lowest BCUT2D eigenvalue weighted by atomic mass is 10.2. The Kier molecular flexibility index (Phi) is 3.70. The number of benzene rings is 1. The second-order valence-corrected chi connectivity index (χ2v) is 6.63. The fourth-order valence-electron chi connectivity index (χ4n) is 2.12. The summed E-state index contributed by atoms with van der Waals surface area (Å²) in [6.45, 7) is 3.09. The van der Waals surface area contributed by atoms with Gasteiger partial charge in [0, 0.05) is 19.6 Å². The van der Waals surface area contributed by atoms with Crippen LogP contribution in [0.1, 0.15) is 18.9 Å². The maximum absolute atomic E-state index is 13.7. The largest absolute Gasteiger partial charge is 0.326 e. The number of halogens is 1. The maximum atomic E-state index is 13.7. The van der Waals surface area contributed by atoms with E-state index < -0.39 is 15.8 Å². The van der Waals surface area contributed by atoms with Crippen LogP contribution in [0.15, 0.2) is 23.1 Å². The van der Waals surface area contributed by atoms with E-state index in [1.165, 1.54) is 16.4 Å². The van der Waals surface area contributed by atoms with Gasteiger partial charge in [0.2, 0.25) is 10.0 Å². The van der Waals surface area contributed by atoms with Crippen molar-refractivity contribution in [1.82, 2.24) is 4.31 Å². The number of rotatable bonds is 3. The summed E-state index contributed by atoms with van der Waals surface area (Å²) in [6, 6.07) is 3.99. The standard InChI is InChI=1S/C12H17FN2O2S/c1-9-4-5-15(8-9)18(16,17)12-6-10(7-14)2-3-11(12)13/h2-3,6,9H,4-5,7-8,14H2,1H3. The van der Waals surface area contributed by atoms with E-state index in [0.717, 1.165) is 12.5 Å². The molecular formula is C12H17FN2O2S. The van der Waals surface area contributed by atoms with Crippen molar-refractivity contribution in [3.05, 3.63) is 29.6 Å². The summed E-state index contributed by atoms with van der Waals surface area (Å²) in [5, 5.41) is 0. The molecule has 0 amide bonds. The molecule has 0 aromatic heterocycles. The number of hydrogen-bond donors (Lipinski definition) is 1. The molecule has 0 saturated carbocycles. The zero-order chi connectivity index (χ0) is 13.3. The molecular weight excluding hydrogens is 255 g/mol. The summed E-state index contributed by atoms with van der Waals surface area (Å²) < 4.78 is 39.7. The highest BCUT2D eigenvalue weighted by Crippen LogP contribution is 2.26. The Hall–Kier alpha value is -0.980. The van der Waals surface area contributed by atoms with E-state index >= 15 is 0 Å². The third-order valence-electron chi connectivity index (χ3n) is 3.24. The summed E-state index contributed by atoms with van der Waals surface area (Å²) in [5.41, 5.74) is 6.07. The fraction of sp³-hybridized carbons (Fsp3) is 0.500. The summed E-state index contributed by atoms with van der Waals surface area (Å²) in [7, 11) is -3.73. The quantitative estimate of drug-likeness (QED) is 0.902. The molecule has 18 heavy (non-hydrogen) atoms. The number of nitrogens with zero attached hydrogens (tertiary/aromatic N) is 1. The van der Waals surface area contributed by atoms with Crippen LogP contribution in [0.2, 0.25) is 0 Å². The van der Waals surface area contributed by atoms with Gasteiger partial charge in [0.05, 0.1) is 0 Å². The molecule has 0 aliphatic carbocycles. The van der Waals surface area contributed by atoms with E-state index in [2.05, 4.69) is 0 Å². The average molecular weight is 272 g/mol. The predicted octanol–water partition coefficient (Wildman–Crippen LogP) is 1.31. The van der Waals surface area contributed by atoms with Crippen LogP contribution in [0, 0.1) is 11.7 Å². The van der Waals surface area contributed by atoms with Crippen molar-refractivity contribution in [1.29, 1.82) is 0 Å². The first kappa shape index (κ1) is 13.5. The molecule has 0 spiro atoms. The minimum Gasteiger partial charge on any atom is -0.326 e. The van der Waals surface area contributed by atoms with Crippen molar-refractivity contribution in [3.63, 3.8) is 0 Å². The van der Waals surface area contributed by atoms with Gasteiger partial charge in [-0.3, -0.25) is 0 Å². The molecule has 0 radical (unpaired) electrons. The van der Waals surface area contributed by atoms with E-state index in [0.29, 0.717) is 24.6 Å². The lowest BCUT2D eigenvalue weighted by molar-refractivity contribution is 0.458. The molecule has 1 unspecified atom stereocenters. The van der Waals surface area contributed by atoms with Gasteiger partial charge in [0.25, 0.3) is 0 Å². The Morgan fingerprint density at radius 1 is 1.50 bits per heavy atom. The molecule has 1 heterocycles. The van der Waals surface area contributed by atoms with Crippen molar-refractivity contribution < 1.29 is 12.8 Å². The molecule has 1 aliphatic heterocycles. The van der Waals surface area contributed by atoms with Gasteiger partial charge >= 0.3 is 0 Å². The van der Waals surface area contributed by atoms with Crippen molar-refractivity contribution in [2.75, 3.05) is 13.1 Å². The van der Waals surface area contributed by atoms with Gasteiger partial charge < -0.3 is 5.73 Å². The number of hydrogen-bond acceptors (Lipinski definition) is 3. The third kappa shape index (κ3) is 2.41. The van der Waals surface area contributed by atoms with Crippen LogP contribution in [0.3, 0.4) is 0 Å². The highest BCUT2D eigenvalue weighted by Gasteiger charge is 2.32. The summed E-state index contributed by atoms with van der Waals surface area (Å²) >= 11 is 0. The topological polar surface area (TPSA) is 63.4 Å². The van der Waals surface area contributed by atoms with E-state index in [1.807, 2.05) is 6.92 Å². The van der Waals surface area contributed by atoms with Gasteiger partial charge in [-0.15, -0.1) is 0 Å². The number of sulfonamides is 1. The molecule has 1 aromatic rings. The monoisotopic (exact) mass is 272 g/mol. The number of nitrogens with two attached hydrogens (primary N) is 1. The lowest BCUT2D eigenvalue weighted by Gasteiger charge is -2.17. The van der Waals surface area contributed by atoms with Crippen molar-refractivity contribution in [2.24, 2.45) is 11.7 Å². The molecule has 1 atom stereocenters. The first-order chi connectivity index (χ1) is 8.45. The molecule has 0 bridgehead atoms. The Morgan fingerprint density at radius 2 is 2.22 bits per heavy atom. The smallest absolute Gasteiger partial charge is 0.246 e. The molecule has 1 fully saturated rings. The lowest BCUT2D eigenvalue weighted by Crippen LogP contribution is -2.29. The predicted molar refractivity (Wildman–Crippen MR) is 66.8 cm³/mol. The highest BCUT2D eigenvalue weighted by molar-refractivity contribution is 7.89. The normalized spacial score (nSPS) is 21.4. The molecule has 1 saturated heterocycles. The zero-order valence-electron chi connectivity index (χ0n) is 10.3. The van der Waals surface area contributed by atoms with Crippen LogP contribution in [0.4, 0.5) is 4.39 Å². The summed E-state index contributed by atoms with van der Waals surface area (Å²) in [5.74, 6) is -0.396. The van der Waals surface area contributed by atoms with Crippen LogP contribution in [0.25, 0.3) is 0 Å². The minimum absolute atomic E-state index is 0.194. The van der Waals surface area contributed by atoms with Crippen LogP contribution >= 0.6 is 0 Å². The van der Waals surface area contributed by atoms with Crippen molar-refractivity contribution in [3.8, 4) is 0 Å². The van der Waals surface area contributed by atoms with Crippen LogP contribution < -0.4 is 5.73 Å². The highest BCUT2D eigenvalue weighted by atomic mass is 32.2. The van der Waals surface area contributed by atoms with Crippen LogP contribution in [-0.4, -0.2) is 25.8 Å². The zero-order valence-corrected chi connectivity index (χ0v) is 11.1. The van der Waals surface area contributed by atoms with Gasteiger partial charge in [-0.1, -0.05) is 13.0 Å². The summed E-state index contributed by atoms with van der Waals surface area (Å²) in [4.78, 5) is -0.264. The Bertz CT molecular complexity index is 545. The first-order valence-electron chi connectivity index (χ1n) is 5.94. The molecule has 2 N–H and O–H groups in total. The van der Waals surface area contributed by atoms with E-state index in [9.17, 15) is 12.8 Å². The van der Waals surface area contributed by atoms with Crippen molar-refractivity contribution >= 4 is 10.0 Å². The van der Waals surface area contributed by atoms with Gasteiger partial charge in [0.15, 0.2) is 0 Å². The molecule has 100 valence electrons. The van der Waals surface area contributed by atoms with Crippen LogP contribution in [0.5, 0.6) is 0 Å². The van der Waals surface area contributed by atoms with Gasteiger partial charge in [0.1, 0.15) is 10.7 Å². The molecule has 1 aliphatic rings. The van der Waals surface area contributed by atoms with Gasteiger partial charge in [-0.2, -0.15) is 4.31 Å². The fourth-order valence-corrected chi connectivity index (χ4v) is 3.81. The average Bonchev–Trinajstić information content (AvgIpc) is 2.77. The Labute approximate surface area is 107 Å². The Balaban J connectivity index is 2.40. The first-order valence-corrected chi connectivity index (χ1v) is 7.38. The van der Waals surface area contributed by atoms with Gasteiger partial charge in [-0.25, -0.2) is 12.8 Å². The minimum atomic E-state index is -3.73. The van der Waals surface area contributed by atoms with E-state index in [-0.39, 0.29) is 11.4 Å². The molecule has 6 heteroatoms. The molecule has 1 aromatic carbocycles. The third-order valence-corrected chi connectivity index (χ3v) is 5.12. The maximum Gasteiger partial charge on any atom is 0.246 e. The van der Waals surface area contributed by atoms with Crippen LogP contribution in [-0.2, 0) is 16.6 Å².